The molecule has 2 aliphatic rings. The molecule has 4 heteroatoms. The minimum atomic E-state index is -0.655. The highest BCUT2D eigenvalue weighted by molar-refractivity contribution is 5.69. The Kier molecular flexibility index (Phi) is 3.34. The second-order valence-corrected chi connectivity index (χ2v) is 6.22. The normalized spacial score (nSPS) is 33.4. The van der Waals surface area contributed by atoms with Crippen molar-refractivity contribution in [2.45, 2.75) is 70.7 Å². The van der Waals surface area contributed by atoms with Crippen LogP contribution in [0.5, 0.6) is 0 Å². The van der Waals surface area contributed by atoms with Crippen molar-refractivity contribution in [1.82, 2.24) is 4.90 Å². The van der Waals surface area contributed by atoms with Gasteiger partial charge in [0.25, 0.3) is 0 Å². The molecule has 0 aromatic heterocycles. The average Bonchev–Trinajstić information content (AvgIpc) is 2.50. The summed E-state index contributed by atoms with van der Waals surface area (Å²) in [6.07, 6.45) is 4.19. The lowest BCUT2D eigenvalue weighted by Crippen LogP contribution is -2.45. The van der Waals surface area contributed by atoms with Crippen molar-refractivity contribution in [3.8, 4) is 0 Å². The van der Waals surface area contributed by atoms with Crippen molar-refractivity contribution < 1.29 is 14.6 Å². The third-order valence-electron chi connectivity index (χ3n) is 3.67. The SMILES string of the molecule is CC(C)(C)OC(=O)N1C(O)CC2CCCCC21. The fourth-order valence-electron chi connectivity index (χ4n) is 3.01. The first kappa shape index (κ1) is 12.7. The highest BCUT2D eigenvalue weighted by atomic mass is 16.6. The van der Waals surface area contributed by atoms with Crippen molar-refractivity contribution in [2.75, 3.05) is 0 Å². The van der Waals surface area contributed by atoms with Crippen molar-refractivity contribution >= 4 is 6.09 Å². The van der Waals surface area contributed by atoms with Gasteiger partial charge in [-0.25, -0.2) is 4.79 Å². The van der Waals surface area contributed by atoms with Gasteiger partial charge in [-0.1, -0.05) is 12.8 Å². The summed E-state index contributed by atoms with van der Waals surface area (Å²) in [6.45, 7) is 5.56. The Morgan fingerprint density at radius 2 is 1.94 bits per heavy atom. The topological polar surface area (TPSA) is 49.8 Å². The molecular weight excluding hydrogens is 218 g/mol. The Morgan fingerprint density at radius 1 is 1.29 bits per heavy atom. The molecule has 1 aliphatic carbocycles. The molecule has 0 aromatic rings. The van der Waals surface area contributed by atoms with Crippen LogP contribution in [0.25, 0.3) is 0 Å². The van der Waals surface area contributed by atoms with Crippen LogP contribution in [0.1, 0.15) is 52.9 Å². The third-order valence-corrected chi connectivity index (χ3v) is 3.67. The number of hydrogen-bond acceptors (Lipinski definition) is 3. The van der Waals surface area contributed by atoms with Gasteiger partial charge >= 0.3 is 6.09 Å². The van der Waals surface area contributed by atoms with Gasteiger partial charge in [0.05, 0.1) is 0 Å². The van der Waals surface area contributed by atoms with E-state index in [2.05, 4.69) is 0 Å². The number of ether oxygens (including phenoxy) is 1. The molecular formula is C13H23NO3. The van der Waals surface area contributed by atoms with E-state index in [-0.39, 0.29) is 12.1 Å². The maximum absolute atomic E-state index is 12.1. The first-order valence-corrected chi connectivity index (χ1v) is 6.58. The molecule has 0 radical (unpaired) electrons. The number of carbonyl (C=O) groups is 1. The summed E-state index contributed by atoms with van der Waals surface area (Å²) in [5.74, 6) is 0.464. The summed E-state index contributed by atoms with van der Waals surface area (Å²) in [6, 6.07) is 0.189. The molecule has 3 unspecified atom stereocenters. The van der Waals surface area contributed by atoms with Crippen LogP contribution in [0.3, 0.4) is 0 Å². The molecule has 0 bridgehead atoms. The van der Waals surface area contributed by atoms with E-state index in [1.54, 1.807) is 4.90 Å². The number of rotatable bonds is 0. The first-order chi connectivity index (χ1) is 7.88. The first-order valence-electron chi connectivity index (χ1n) is 6.58. The fourth-order valence-corrected chi connectivity index (χ4v) is 3.01. The molecule has 1 saturated heterocycles. The van der Waals surface area contributed by atoms with Crippen molar-refractivity contribution in [2.24, 2.45) is 5.92 Å². The Balaban J connectivity index is 2.06. The summed E-state index contributed by atoms with van der Waals surface area (Å²) >= 11 is 0. The second kappa shape index (κ2) is 4.48. The van der Waals surface area contributed by atoms with E-state index in [0.29, 0.717) is 12.3 Å². The number of aliphatic hydroxyl groups excluding tert-OH is 1. The maximum Gasteiger partial charge on any atom is 0.412 e. The summed E-state index contributed by atoms with van der Waals surface area (Å²) in [4.78, 5) is 13.6. The zero-order valence-electron chi connectivity index (χ0n) is 11.0. The lowest BCUT2D eigenvalue weighted by atomic mass is 9.85. The van der Waals surface area contributed by atoms with Crippen molar-refractivity contribution in [3.63, 3.8) is 0 Å². The predicted octanol–water partition coefficient (Wildman–Crippen LogP) is 2.50. The van der Waals surface area contributed by atoms with E-state index in [1.807, 2.05) is 20.8 Å². The standard InChI is InChI=1S/C13H23NO3/c1-13(2,3)17-12(16)14-10-7-5-4-6-9(10)8-11(14)15/h9-11,15H,4-8H2,1-3H3. The molecule has 0 aromatic carbocycles. The number of fused-ring (bicyclic) bond motifs is 1. The van der Waals surface area contributed by atoms with Crippen LogP contribution in [-0.4, -0.2) is 34.0 Å². The van der Waals surface area contributed by atoms with E-state index in [1.165, 1.54) is 6.42 Å². The van der Waals surface area contributed by atoms with Gasteiger partial charge in [-0.2, -0.15) is 0 Å². The van der Waals surface area contributed by atoms with Crippen molar-refractivity contribution in [1.29, 1.82) is 0 Å². The Morgan fingerprint density at radius 3 is 2.59 bits per heavy atom. The van der Waals surface area contributed by atoms with Crippen LogP contribution >= 0.6 is 0 Å². The highest BCUT2D eigenvalue weighted by Gasteiger charge is 2.45. The number of nitrogens with zero attached hydrogens (tertiary/aromatic N) is 1. The lowest BCUT2D eigenvalue weighted by molar-refractivity contribution is -0.0267. The Hall–Kier alpha value is -0.770. The minimum absolute atomic E-state index is 0.189. The zero-order chi connectivity index (χ0) is 12.6. The summed E-state index contributed by atoms with van der Waals surface area (Å²) < 4.78 is 5.37. The van der Waals surface area contributed by atoms with E-state index in [4.69, 9.17) is 4.74 Å². The van der Waals surface area contributed by atoms with E-state index >= 15 is 0 Å². The molecule has 1 heterocycles. The molecule has 1 N–H and O–H groups in total. The van der Waals surface area contributed by atoms with Crippen LogP contribution in [0, 0.1) is 5.92 Å². The number of hydrogen-bond donors (Lipinski definition) is 1. The van der Waals surface area contributed by atoms with Gasteiger partial charge in [0.15, 0.2) is 0 Å². The molecule has 4 nitrogen and oxygen atoms in total. The number of likely N-dealkylation sites (tertiary alicyclic amines) is 1. The van der Waals surface area contributed by atoms with Crippen LogP contribution in [-0.2, 0) is 4.74 Å². The van der Waals surface area contributed by atoms with Crippen molar-refractivity contribution in [3.05, 3.63) is 0 Å². The molecule has 3 atom stereocenters. The molecule has 0 spiro atoms. The van der Waals surface area contributed by atoms with Crippen LogP contribution in [0.15, 0.2) is 0 Å². The number of aliphatic hydroxyl groups is 1. The van der Waals surface area contributed by atoms with E-state index < -0.39 is 11.8 Å². The molecule has 2 fully saturated rings. The molecule has 1 amide bonds. The van der Waals surface area contributed by atoms with Gasteiger partial charge in [0.2, 0.25) is 0 Å². The monoisotopic (exact) mass is 241 g/mol. The Labute approximate surface area is 103 Å². The van der Waals surface area contributed by atoms with Gasteiger partial charge in [0.1, 0.15) is 11.8 Å². The predicted molar refractivity (Wildman–Crippen MR) is 64.4 cm³/mol. The summed E-state index contributed by atoms with van der Waals surface area (Å²) in [5, 5.41) is 10.0. The lowest BCUT2D eigenvalue weighted by Gasteiger charge is -2.33. The van der Waals surface area contributed by atoms with E-state index in [9.17, 15) is 9.90 Å². The van der Waals surface area contributed by atoms with Gasteiger partial charge in [-0.05, 0) is 46.0 Å². The van der Waals surface area contributed by atoms with Crippen LogP contribution in [0.2, 0.25) is 0 Å². The van der Waals surface area contributed by atoms with Gasteiger partial charge in [0, 0.05) is 6.04 Å². The third kappa shape index (κ3) is 2.73. The molecule has 1 aliphatic heterocycles. The quantitative estimate of drug-likeness (QED) is 0.709. The summed E-state index contributed by atoms with van der Waals surface area (Å²) in [5.41, 5.74) is -0.496. The largest absolute Gasteiger partial charge is 0.444 e. The van der Waals surface area contributed by atoms with Gasteiger partial charge in [-0.3, -0.25) is 4.90 Å². The van der Waals surface area contributed by atoms with E-state index in [0.717, 1.165) is 19.3 Å². The Bertz CT molecular complexity index is 298. The number of carbonyl (C=O) groups excluding carboxylic acids is 1. The fraction of sp³-hybridized carbons (Fsp3) is 0.923. The molecule has 17 heavy (non-hydrogen) atoms. The molecule has 1 saturated carbocycles. The second-order valence-electron chi connectivity index (χ2n) is 6.22. The van der Waals surface area contributed by atoms with Crippen LogP contribution in [0.4, 0.5) is 4.79 Å². The van der Waals surface area contributed by atoms with Crippen LogP contribution < -0.4 is 0 Å². The average molecular weight is 241 g/mol. The van der Waals surface area contributed by atoms with Gasteiger partial charge in [-0.15, -0.1) is 0 Å². The smallest absolute Gasteiger partial charge is 0.412 e. The zero-order valence-corrected chi connectivity index (χ0v) is 11.0. The number of amides is 1. The minimum Gasteiger partial charge on any atom is -0.444 e. The summed E-state index contributed by atoms with van der Waals surface area (Å²) in [7, 11) is 0. The highest BCUT2D eigenvalue weighted by Crippen LogP contribution is 2.39. The van der Waals surface area contributed by atoms with Gasteiger partial charge < -0.3 is 9.84 Å². The molecule has 2 rings (SSSR count). The molecule has 98 valence electrons. The maximum atomic E-state index is 12.1.